The summed E-state index contributed by atoms with van der Waals surface area (Å²) in [5.41, 5.74) is 0. The lowest BCUT2D eigenvalue weighted by molar-refractivity contribution is 0.211. The number of para-hydroxylation sites is 1. The zero-order valence-electron chi connectivity index (χ0n) is 8.48. The standard InChI is InChI=1S/C10H11IN2O2/c1-13(2)9(11)12-10(14)15-8-6-4-3-5-7-8/h3-7H,1-2H3/b12-9-. The monoisotopic (exact) mass is 318 g/mol. The van der Waals surface area contributed by atoms with E-state index in [4.69, 9.17) is 4.74 Å². The molecule has 0 aromatic heterocycles. The second kappa shape index (κ2) is 5.69. The molecule has 0 aliphatic heterocycles. The molecule has 0 saturated carbocycles. The Labute approximate surface area is 102 Å². The molecule has 0 saturated heterocycles. The van der Waals surface area contributed by atoms with Crippen LogP contribution < -0.4 is 4.74 Å². The first-order valence-corrected chi connectivity index (χ1v) is 5.36. The van der Waals surface area contributed by atoms with Crippen molar-refractivity contribution in [3.63, 3.8) is 0 Å². The van der Waals surface area contributed by atoms with Crippen molar-refractivity contribution in [3.05, 3.63) is 30.3 Å². The highest BCUT2D eigenvalue weighted by atomic mass is 127. The fraction of sp³-hybridized carbons (Fsp3) is 0.200. The van der Waals surface area contributed by atoms with E-state index < -0.39 is 6.09 Å². The molecule has 0 unspecified atom stereocenters. The molecule has 0 N–H and O–H groups in total. The van der Waals surface area contributed by atoms with Crippen molar-refractivity contribution < 1.29 is 9.53 Å². The Bertz CT molecular complexity index is 363. The number of benzene rings is 1. The van der Waals surface area contributed by atoms with Crippen molar-refractivity contribution in [2.24, 2.45) is 4.99 Å². The summed E-state index contributed by atoms with van der Waals surface area (Å²) in [5, 5.41) is 0. The van der Waals surface area contributed by atoms with Gasteiger partial charge in [-0.05, 0) is 34.7 Å². The van der Waals surface area contributed by atoms with Crippen molar-refractivity contribution in [3.8, 4) is 5.75 Å². The molecular formula is C10H11IN2O2. The molecule has 1 aromatic rings. The first kappa shape index (κ1) is 12.0. The minimum absolute atomic E-state index is 0.495. The SMILES string of the molecule is CN(C)/C(I)=N\C(=O)Oc1ccccc1. The predicted octanol–water partition coefficient (Wildman–Crippen LogP) is 2.54. The lowest BCUT2D eigenvalue weighted by Gasteiger charge is -2.08. The maximum absolute atomic E-state index is 11.3. The van der Waals surface area contributed by atoms with Crippen LogP contribution >= 0.6 is 22.6 Å². The van der Waals surface area contributed by atoms with E-state index in [1.165, 1.54) is 0 Å². The third kappa shape index (κ3) is 4.28. The maximum atomic E-state index is 11.3. The Morgan fingerprint density at radius 3 is 2.47 bits per heavy atom. The normalized spacial score (nSPS) is 11.0. The van der Waals surface area contributed by atoms with Gasteiger partial charge in [-0.3, -0.25) is 0 Å². The molecule has 5 heteroatoms. The molecule has 15 heavy (non-hydrogen) atoms. The summed E-state index contributed by atoms with van der Waals surface area (Å²) in [6.45, 7) is 0. The molecule has 0 radical (unpaired) electrons. The van der Waals surface area contributed by atoms with E-state index in [1.54, 1.807) is 43.3 Å². The Kier molecular flexibility index (Phi) is 4.54. The van der Waals surface area contributed by atoms with Gasteiger partial charge in [-0.15, -0.1) is 0 Å². The van der Waals surface area contributed by atoms with Crippen LogP contribution in [0.5, 0.6) is 5.75 Å². The molecule has 0 fully saturated rings. The number of nitrogens with zero attached hydrogens (tertiary/aromatic N) is 2. The van der Waals surface area contributed by atoms with E-state index in [-0.39, 0.29) is 0 Å². The molecule has 0 spiro atoms. The summed E-state index contributed by atoms with van der Waals surface area (Å²) >= 11 is 1.96. The molecule has 0 bridgehead atoms. The predicted molar refractivity (Wildman–Crippen MR) is 67.6 cm³/mol. The lowest BCUT2D eigenvalue weighted by atomic mass is 10.3. The molecule has 0 heterocycles. The van der Waals surface area contributed by atoms with Crippen LogP contribution in [-0.2, 0) is 0 Å². The summed E-state index contributed by atoms with van der Waals surface area (Å²) in [6, 6.07) is 8.85. The zero-order chi connectivity index (χ0) is 11.3. The van der Waals surface area contributed by atoms with Crippen LogP contribution in [0.4, 0.5) is 4.79 Å². The summed E-state index contributed by atoms with van der Waals surface area (Å²) < 4.78 is 5.55. The summed E-state index contributed by atoms with van der Waals surface area (Å²) in [5.74, 6) is 0.495. The van der Waals surface area contributed by atoms with E-state index in [1.807, 2.05) is 28.7 Å². The molecule has 1 rings (SSSR count). The lowest BCUT2D eigenvalue weighted by Crippen LogP contribution is -2.18. The minimum Gasteiger partial charge on any atom is -0.409 e. The number of carbonyl (C=O) groups is 1. The van der Waals surface area contributed by atoms with Crippen LogP contribution in [0.25, 0.3) is 0 Å². The Balaban J connectivity index is 2.61. The van der Waals surface area contributed by atoms with Crippen LogP contribution in [0.3, 0.4) is 0 Å². The summed E-state index contributed by atoms with van der Waals surface area (Å²) in [6.07, 6.45) is -0.612. The number of ether oxygens (including phenoxy) is 1. The van der Waals surface area contributed by atoms with Gasteiger partial charge in [-0.25, -0.2) is 4.79 Å². The van der Waals surface area contributed by atoms with Gasteiger partial charge in [-0.2, -0.15) is 4.99 Å². The van der Waals surface area contributed by atoms with Crippen LogP contribution in [0.15, 0.2) is 35.3 Å². The van der Waals surface area contributed by atoms with Crippen LogP contribution in [-0.4, -0.2) is 28.9 Å². The number of rotatable bonds is 1. The van der Waals surface area contributed by atoms with Gasteiger partial charge in [0.1, 0.15) is 5.75 Å². The van der Waals surface area contributed by atoms with Crippen molar-refractivity contribution in [1.82, 2.24) is 4.90 Å². The second-order valence-electron chi connectivity index (χ2n) is 2.96. The molecule has 1 aromatic carbocycles. The Morgan fingerprint density at radius 1 is 1.33 bits per heavy atom. The highest BCUT2D eigenvalue weighted by molar-refractivity contribution is 14.1. The first-order valence-electron chi connectivity index (χ1n) is 4.28. The van der Waals surface area contributed by atoms with E-state index >= 15 is 0 Å². The molecule has 4 nitrogen and oxygen atoms in total. The van der Waals surface area contributed by atoms with Gasteiger partial charge >= 0.3 is 6.09 Å². The summed E-state index contributed by atoms with van der Waals surface area (Å²) in [7, 11) is 3.61. The minimum atomic E-state index is -0.612. The first-order chi connectivity index (χ1) is 7.09. The highest BCUT2D eigenvalue weighted by Crippen LogP contribution is 2.09. The number of carbonyl (C=O) groups excluding carboxylic acids is 1. The molecule has 0 aliphatic rings. The topological polar surface area (TPSA) is 41.9 Å². The van der Waals surface area contributed by atoms with Gasteiger partial charge in [0.2, 0.25) is 0 Å². The van der Waals surface area contributed by atoms with E-state index in [2.05, 4.69) is 4.99 Å². The van der Waals surface area contributed by atoms with Crippen molar-refractivity contribution in [1.29, 1.82) is 0 Å². The third-order valence-electron chi connectivity index (χ3n) is 1.50. The largest absolute Gasteiger partial charge is 0.441 e. The van der Waals surface area contributed by atoms with Gasteiger partial charge in [0.05, 0.1) is 0 Å². The van der Waals surface area contributed by atoms with Gasteiger partial charge < -0.3 is 9.64 Å². The zero-order valence-corrected chi connectivity index (χ0v) is 10.6. The van der Waals surface area contributed by atoms with Gasteiger partial charge in [0.25, 0.3) is 0 Å². The molecule has 0 atom stereocenters. The Hall–Kier alpha value is -1.11. The summed E-state index contributed by atoms with van der Waals surface area (Å²) in [4.78, 5) is 16.8. The van der Waals surface area contributed by atoms with Crippen LogP contribution in [0.2, 0.25) is 0 Å². The Morgan fingerprint density at radius 2 is 1.93 bits per heavy atom. The van der Waals surface area contributed by atoms with Gasteiger partial charge in [0.15, 0.2) is 3.84 Å². The molecule has 1 amide bonds. The van der Waals surface area contributed by atoms with Crippen molar-refractivity contribution in [2.75, 3.05) is 14.1 Å². The van der Waals surface area contributed by atoms with Crippen LogP contribution in [0, 0.1) is 0 Å². The average Bonchev–Trinajstić information content (AvgIpc) is 2.18. The number of hydrogen-bond donors (Lipinski definition) is 0. The van der Waals surface area contributed by atoms with E-state index in [9.17, 15) is 4.79 Å². The maximum Gasteiger partial charge on any atom is 0.441 e. The van der Waals surface area contributed by atoms with Gasteiger partial charge in [0, 0.05) is 14.1 Å². The number of halogens is 1. The number of aliphatic imine (C=N–C) groups is 1. The van der Waals surface area contributed by atoms with Crippen molar-refractivity contribution >= 4 is 32.5 Å². The van der Waals surface area contributed by atoms with Gasteiger partial charge in [-0.1, -0.05) is 18.2 Å². The second-order valence-corrected chi connectivity index (χ2v) is 3.92. The quantitative estimate of drug-likeness (QED) is 0.346. The van der Waals surface area contributed by atoms with E-state index in [0.29, 0.717) is 9.59 Å². The molecule has 80 valence electrons. The smallest absolute Gasteiger partial charge is 0.409 e. The van der Waals surface area contributed by atoms with Crippen molar-refractivity contribution in [2.45, 2.75) is 0 Å². The van der Waals surface area contributed by atoms with E-state index in [0.717, 1.165) is 0 Å². The number of amidine groups is 1. The fourth-order valence-electron chi connectivity index (χ4n) is 0.788. The number of amides is 1. The average molecular weight is 318 g/mol. The molecule has 0 aliphatic carbocycles. The third-order valence-corrected chi connectivity index (χ3v) is 2.71. The number of hydrogen-bond acceptors (Lipinski definition) is 2. The fourth-order valence-corrected chi connectivity index (χ4v) is 0.984. The highest BCUT2D eigenvalue weighted by Gasteiger charge is 2.04. The molecular weight excluding hydrogens is 307 g/mol. The van der Waals surface area contributed by atoms with Crippen LogP contribution in [0.1, 0.15) is 0 Å².